The maximum atomic E-state index is 2.53. The van der Waals surface area contributed by atoms with Crippen LogP contribution in [0.5, 0.6) is 0 Å². The molecule has 1 fully saturated rings. The van der Waals surface area contributed by atoms with Gasteiger partial charge in [-0.25, -0.2) is 0 Å². The molecule has 4 unspecified atom stereocenters. The zero-order chi connectivity index (χ0) is 11.0. The minimum Gasteiger partial charge on any atom is -0.0850 e. The Balaban J connectivity index is 2.18. The monoisotopic (exact) mass is 206 g/mol. The van der Waals surface area contributed by atoms with E-state index in [9.17, 15) is 0 Å². The van der Waals surface area contributed by atoms with Crippen LogP contribution in [-0.4, -0.2) is 0 Å². The molecular formula is C15H26. The molecule has 1 saturated carbocycles. The molecular weight excluding hydrogens is 180 g/mol. The van der Waals surface area contributed by atoms with E-state index in [1.807, 2.05) is 0 Å². The first-order valence-electron chi connectivity index (χ1n) is 6.76. The van der Waals surface area contributed by atoms with Crippen molar-refractivity contribution in [3.63, 3.8) is 0 Å². The van der Waals surface area contributed by atoms with Gasteiger partial charge in [0.2, 0.25) is 0 Å². The molecule has 0 aromatic heterocycles. The Morgan fingerprint density at radius 2 is 2.00 bits per heavy atom. The first-order valence-corrected chi connectivity index (χ1v) is 6.76. The predicted molar refractivity (Wildman–Crippen MR) is 66.7 cm³/mol. The standard InChI is InChI=1S/C15H26/c1-10(2)13-8-6-12(4)14-7-5-11(3)9-15(13)14/h6,10-11,13-15H,5,7-9H2,1-4H3. The highest BCUT2D eigenvalue weighted by Crippen LogP contribution is 2.47. The highest BCUT2D eigenvalue weighted by atomic mass is 14.4. The SMILES string of the molecule is CC1=CCC(C(C)C)C2CC(C)CCC12. The topological polar surface area (TPSA) is 0 Å². The second kappa shape index (κ2) is 4.31. The van der Waals surface area contributed by atoms with Gasteiger partial charge in [0, 0.05) is 0 Å². The maximum Gasteiger partial charge on any atom is -0.0175 e. The van der Waals surface area contributed by atoms with Crippen molar-refractivity contribution in [2.75, 3.05) is 0 Å². The lowest BCUT2D eigenvalue weighted by atomic mass is 9.61. The van der Waals surface area contributed by atoms with E-state index in [0.29, 0.717) is 0 Å². The number of allylic oxidation sites excluding steroid dienone is 2. The van der Waals surface area contributed by atoms with E-state index in [2.05, 4.69) is 33.8 Å². The van der Waals surface area contributed by atoms with Gasteiger partial charge in [-0.3, -0.25) is 0 Å². The fraction of sp³-hybridized carbons (Fsp3) is 0.867. The molecule has 0 spiro atoms. The van der Waals surface area contributed by atoms with Gasteiger partial charge in [-0.2, -0.15) is 0 Å². The lowest BCUT2D eigenvalue weighted by molar-refractivity contribution is 0.108. The van der Waals surface area contributed by atoms with Crippen molar-refractivity contribution >= 4 is 0 Å². The molecule has 0 aromatic rings. The summed E-state index contributed by atoms with van der Waals surface area (Å²) in [5.74, 6) is 4.73. The van der Waals surface area contributed by atoms with Gasteiger partial charge < -0.3 is 0 Å². The van der Waals surface area contributed by atoms with Crippen molar-refractivity contribution in [2.45, 2.75) is 53.4 Å². The molecule has 2 aliphatic carbocycles. The number of hydrogen-bond donors (Lipinski definition) is 0. The molecule has 0 aliphatic heterocycles. The molecule has 15 heavy (non-hydrogen) atoms. The van der Waals surface area contributed by atoms with Gasteiger partial charge in [0.1, 0.15) is 0 Å². The minimum atomic E-state index is 0.868. The van der Waals surface area contributed by atoms with Crippen LogP contribution in [0.3, 0.4) is 0 Å². The average Bonchev–Trinajstić information content (AvgIpc) is 2.17. The van der Waals surface area contributed by atoms with E-state index < -0.39 is 0 Å². The molecule has 86 valence electrons. The van der Waals surface area contributed by atoms with Gasteiger partial charge >= 0.3 is 0 Å². The zero-order valence-electron chi connectivity index (χ0n) is 10.8. The van der Waals surface area contributed by atoms with Gasteiger partial charge in [-0.1, -0.05) is 38.8 Å². The lowest BCUT2D eigenvalue weighted by Gasteiger charge is -2.44. The summed E-state index contributed by atoms with van der Waals surface area (Å²) in [6.07, 6.45) is 8.27. The van der Waals surface area contributed by atoms with Crippen LogP contribution in [0.1, 0.15) is 53.4 Å². The predicted octanol–water partition coefficient (Wildman–Crippen LogP) is 4.66. The molecule has 0 heterocycles. The summed E-state index contributed by atoms with van der Waals surface area (Å²) < 4.78 is 0. The van der Waals surface area contributed by atoms with Gasteiger partial charge in [-0.05, 0) is 55.8 Å². The summed E-state index contributed by atoms with van der Waals surface area (Å²) in [6.45, 7) is 9.64. The van der Waals surface area contributed by atoms with Crippen LogP contribution in [0, 0.1) is 29.6 Å². The Bertz CT molecular complexity index is 249. The third-order valence-electron chi connectivity index (χ3n) is 4.86. The largest absolute Gasteiger partial charge is 0.0850 e. The van der Waals surface area contributed by atoms with Crippen LogP contribution in [-0.2, 0) is 0 Å². The van der Waals surface area contributed by atoms with Gasteiger partial charge in [0.05, 0.1) is 0 Å². The highest BCUT2D eigenvalue weighted by molar-refractivity contribution is 5.12. The van der Waals surface area contributed by atoms with Crippen LogP contribution in [0.2, 0.25) is 0 Å². The average molecular weight is 206 g/mol. The second-order valence-corrected chi connectivity index (χ2v) is 6.28. The lowest BCUT2D eigenvalue weighted by Crippen LogP contribution is -2.35. The van der Waals surface area contributed by atoms with Gasteiger partial charge in [0.25, 0.3) is 0 Å². The van der Waals surface area contributed by atoms with Crippen molar-refractivity contribution < 1.29 is 0 Å². The quantitative estimate of drug-likeness (QED) is 0.547. The minimum absolute atomic E-state index is 0.868. The molecule has 0 aromatic carbocycles. The van der Waals surface area contributed by atoms with Crippen LogP contribution < -0.4 is 0 Å². The molecule has 4 atom stereocenters. The summed E-state index contributed by atoms with van der Waals surface area (Å²) in [5, 5.41) is 0. The fourth-order valence-electron chi connectivity index (χ4n) is 3.88. The summed E-state index contributed by atoms with van der Waals surface area (Å²) in [5.41, 5.74) is 1.70. The Morgan fingerprint density at radius 1 is 1.27 bits per heavy atom. The normalized spacial score (nSPS) is 41.3. The van der Waals surface area contributed by atoms with Crippen molar-refractivity contribution in [1.29, 1.82) is 0 Å². The number of hydrogen-bond acceptors (Lipinski definition) is 0. The summed E-state index contributed by atoms with van der Waals surface area (Å²) in [6, 6.07) is 0. The first-order chi connectivity index (χ1) is 7.09. The molecule has 2 aliphatic rings. The van der Waals surface area contributed by atoms with Gasteiger partial charge in [-0.15, -0.1) is 0 Å². The number of rotatable bonds is 1. The van der Waals surface area contributed by atoms with E-state index in [-0.39, 0.29) is 0 Å². The van der Waals surface area contributed by atoms with Crippen molar-refractivity contribution in [2.24, 2.45) is 29.6 Å². The van der Waals surface area contributed by atoms with Crippen LogP contribution >= 0.6 is 0 Å². The first kappa shape index (κ1) is 11.2. The van der Waals surface area contributed by atoms with Crippen LogP contribution in [0.4, 0.5) is 0 Å². The maximum absolute atomic E-state index is 2.53. The van der Waals surface area contributed by atoms with Gasteiger partial charge in [0.15, 0.2) is 0 Å². The number of fused-ring (bicyclic) bond motifs is 1. The van der Waals surface area contributed by atoms with Crippen molar-refractivity contribution in [3.05, 3.63) is 11.6 Å². The molecule has 0 radical (unpaired) electrons. The summed E-state index contributed by atoms with van der Waals surface area (Å²) in [7, 11) is 0. The highest BCUT2D eigenvalue weighted by Gasteiger charge is 2.37. The van der Waals surface area contributed by atoms with Crippen molar-refractivity contribution in [1.82, 2.24) is 0 Å². The third kappa shape index (κ3) is 2.14. The summed E-state index contributed by atoms with van der Waals surface area (Å²) in [4.78, 5) is 0. The zero-order valence-corrected chi connectivity index (χ0v) is 10.8. The van der Waals surface area contributed by atoms with Crippen LogP contribution in [0.15, 0.2) is 11.6 Å². The molecule has 0 heteroatoms. The smallest absolute Gasteiger partial charge is 0.0175 e. The molecule has 0 bridgehead atoms. The van der Waals surface area contributed by atoms with E-state index >= 15 is 0 Å². The molecule has 0 amide bonds. The van der Waals surface area contributed by atoms with Crippen LogP contribution in [0.25, 0.3) is 0 Å². The van der Waals surface area contributed by atoms with E-state index in [0.717, 1.165) is 29.6 Å². The molecule has 0 nitrogen and oxygen atoms in total. The van der Waals surface area contributed by atoms with E-state index in [4.69, 9.17) is 0 Å². The van der Waals surface area contributed by atoms with E-state index in [1.165, 1.54) is 25.7 Å². The second-order valence-electron chi connectivity index (χ2n) is 6.28. The molecule has 0 N–H and O–H groups in total. The fourth-order valence-corrected chi connectivity index (χ4v) is 3.88. The Labute approximate surface area is 95.1 Å². The van der Waals surface area contributed by atoms with E-state index in [1.54, 1.807) is 5.57 Å². The summed E-state index contributed by atoms with van der Waals surface area (Å²) >= 11 is 0. The third-order valence-corrected chi connectivity index (χ3v) is 4.86. The Hall–Kier alpha value is -0.260. The molecule has 0 saturated heterocycles. The molecule has 2 rings (SSSR count). The Morgan fingerprint density at radius 3 is 2.67 bits per heavy atom. The Kier molecular flexibility index (Phi) is 3.23. The van der Waals surface area contributed by atoms with Crippen molar-refractivity contribution in [3.8, 4) is 0 Å².